The zero-order valence-electron chi connectivity index (χ0n) is 87.2. The van der Waals surface area contributed by atoms with Gasteiger partial charge in [-0.05, 0) is 225 Å². The van der Waals surface area contributed by atoms with E-state index in [9.17, 15) is 39.3 Å². The maximum absolute atomic E-state index is 15.3. The number of Topliss-reactive ketones (excluding diaryl/α,β-unsaturated/α-hetero) is 3. The molecule has 0 amide bonds. The van der Waals surface area contributed by atoms with E-state index in [-0.39, 0.29) is 117 Å². The summed E-state index contributed by atoms with van der Waals surface area (Å²) in [6.07, 6.45) is 8.63. The van der Waals surface area contributed by atoms with Crippen molar-refractivity contribution in [2.45, 2.75) is 426 Å². The molecule has 0 spiro atoms. The molecular weight excluding hydrogens is 1810 g/mol. The molecule has 135 heavy (non-hydrogen) atoms. The number of ether oxygens (including phenoxy) is 6. The zero-order chi connectivity index (χ0) is 101. The summed E-state index contributed by atoms with van der Waals surface area (Å²) in [6.45, 7) is 74.1. The first kappa shape index (κ1) is 111. The number of hydrogen-bond acceptors (Lipinski definition) is 24. The van der Waals surface area contributed by atoms with E-state index in [2.05, 4.69) is 177 Å². The number of thiazole rings is 3. The number of carbonyl (C=O) groups is 6. The monoisotopic (exact) mass is 1970 g/mol. The minimum Gasteiger partial charge on any atom is -0.457 e. The van der Waals surface area contributed by atoms with Crippen molar-refractivity contribution >= 4 is 125 Å². The SMILES string of the molecule is C=CC[C@H]1C(=O)C(C)(C)[C@@H](O)CC(=O)O[C@H](c2ccc3sc(C)nc3c2)C[C@@H]2O[C@]2(C)CCC[C@H](C)[C@@H]1O.C=CC[C@H]1C(=O)C(C)(C)[C@@H](O[Si](C)(C)C(C)(C)C)CC(=O)O[C@H](c2ccc3sc(C)nc3c2)C[C@@H]2O[C@]2(C)CCC[C@H](C)[C@@H]1O.C=CC[C@H]1C(=O)C(C)(C)[C@@H](O[Si](C)(C)C(C)(C)C)CC(=O)O[C@H](c2ccc3sc(C)nc3c2)C[C@@H]2O[C@]2(C)CCC[C@H](C)[C@@H]1O[Si](C)(C)C(C)(C)C. The Bertz CT molecular complexity index is 5190. The molecule has 3 aromatic heterocycles. The molecule has 27 heteroatoms. The van der Waals surface area contributed by atoms with Crippen molar-refractivity contribution in [2.24, 2.45) is 51.8 Å². The maximum Gasteiger partial charge on any atom is 0.309 e. The van der Waals surface area contributed by atoms with Crippen LogP contribution in [0, 0.1) is 72.5 Å². The number of carbonyl (C=O) groups excluding carboxylic acids is 6. The standard InChI is InChI=1S/C42H69NO6SSi2.C36H55NO6SSi.C30H41NO6S/c1-17-19-30-37(49-52(15,16)40(7,8)9)27(2)20-18-23-42(12)35(47-42)25-32(29-21-22-33-31(24-29)43-28(3)50-33)46-36(44)26-34(41(10,11)38(30)45)48-51(13,14)39(4,5)6;1-12-14-25-32(39)22(2)15-13-18-36(9)30(42-36)20-27(24-16-17-28-26(19-24)37-23(3)44-28)41-31(38)21-29(35(7,8)33(25)40)43-45(10,11)34(4,5)6;1-7-9-20-27(34)17(2)10-8-13-30(6)25(37-30)15-22(19-11-12-23-21(14-19)31-18(3)38-23)36-26(33)16-24(32)29(4,5)28(20)35/h17,21-22,24,27,30,32,34-35,37H,1,18-20,23,25-26H2,2-16H3;12,16-17,19,22,25,27,29-30,32,39H,1,13-15,18,20-21H2,2-11H3;7,11-12,14,17,20,22,24-25,27,32,34H,1,8-10,13,15-16H2,2-6H3/t27-,30+,32-,34-,35-,37-,42+;22-,25+,27-,29-,30-,32-,36+;17-,20+,22-,24-,25-,27-,30+/m000/s1. The average Bonchev–Trinajstić information content (AvgIpc) is 1.63. The van der Waals surface area contributed by atoms with Crippen LogP contribution in [0.1, 0.15) is 311 Å². The highest BCUT2D eigenvalue weighted by molar-refractivity contribution is 7.19. The van der Waals surface area contributed by atoms with Gasteiger partial charge >= 0.3 is 17.9 Å². The molecule has 0 bridgehead atoms. The second kappa shape index (κ2) is 43.2. The van der Waals surface area contributed by atoms with Gasteiger partial charge in [-0.1, -0.05) is 180 Å². The van der Waals surface area contributed by atoms with Gasteiger partial charge in [-0.2, -0.15) is 0 Å². The minimum atomic E-state index is -2.45. The van der Waals surface area contributed by atoms with Crippen LogP contribution in [0.3, 0.4) is 0 Å². The molecule has 3 N–H and O–H groups in total. The van der Waals surface area contributed by atoms with Crippen molar-refractivity contribution in [1.29, 1.82) is 0 Å². The number of epoxide rings is 3. The van der Waals surface area contributed by atoms with Crippen molar-refractivity contribution in [2.75, 3.05) is 0 Å². The first-order valence-electron chi connectivity index (χ1n) is 49.6. The first-order valence-corrected chi connectivity index (χ1v) is 60.8. The quantitative estimate of drug-likeness (QED) is 0.0283. The summed E-state index contributed by atoms with van der Waals surface area (Å²) in [5.74, 6) is -3.57. The molecule has 21 atom stereocenters. The van der Waals surface area contributed by atoms with Crippen molar-refractivity contribution in [3.05, 3.63) is 124 Å². The molecular formula is C108H165N3O18S3Si3. The van der Waals surface area contributed by atoms with Gasteiger partial charge < -0.3 is 57.0 Å². The van der Waals surface area contributed by atoms with E-state index in [1.807, 2.05) is 105 Å². The highest BCUT2D eigenvalue weighted by Gasteiger charge is 2.59. The lowest BCUT2D eigenvalue weighted by atomic mass is 9.71. The smallest absolute Gasteiger partial charge is 0.309 e. The summed E-state index contributed by atoms with van der Waals surface area (Å²) in [5.41, 5.74) is 1.01. The lowest BCUT2D eigenvalue weighted by Gasteiger charge is -2.47. The number of esters is 3. The zero-order valence-corrected chi connectivity index (χ0v) is 92.7. The molecule has 6 aliphatic rings. The van der Waals surface area contributed by atoms with Crippen molar-refractivity contribution < 1.29 is 85.8 Å². The van der Waals surface area contributed by atoms with Crippen LogP contribution in [0.2, 0.25) is 54.4 Å². The average molecular weight is 1970 g/mol. The fraction of sp³-hybridized carbons (Fsp3) is 0.694. The number of ketones is 3. The van der Waals surface area contributed by atoms with Gasteiger partial charge in [-0.15, -0.1) is 53.7 Å². The van der Waals surface area contributed by atoms with Crippen LogP contribution >= 0.6 is 34.0 Å². The van der Waals surface area contributed by atoms with Gasteiger partial charge in [0, 0.05) is 47.8 Å². The Balaban J connectivity index is 0.000000212. The summed E-state index contributed by atoms with van der Waals surface area (Å²) in [4.78, 5) is 98.7. The number of fused-ring (bicyclic) bond motifs is 6. The van der Waals surface area contributed by atoms with E-state index >= 15 is 4.79 Å². The number of benzene rings is 3. The summed E-state index contributed by atoms with van der Waals surface area (Å²) in [6, 6.07) is 18.2. The lowest BCUT2D eigenvalue weighted by molar-refractivity contribution is -0.158. The van der Waals surface area contributed by atoms with Gasteiger partial charge in [0.1, 0.15) is 35.7 Å². The Morgan fingerprint density at radius 1 is 0.422 bits per heavy atom. The second-order valence-corrected chi connectivity index (χ2v) is 65.2. The Morgan fingerprint density at radius 2 is 0.704 bits per heavy atom. The topological polar surface area (TPSA) is 295 Å². The molecule has 0 saturated carbocycles. The number of rotatable bonds is 15. The molecule has 12 rings (SSSR count). The number of hydrogen-bond donors (Lipinski definition) is 3. The van der Waals surface area contributed by atoms with E-state index in [1.54, 1.807) is 60.0 Å². The van der Waals surface area contributed by atoms with Crippen LogP contribution in [0.15, 0.2) is 92.6 Å². The summed E-state index contributed by atoms with van der Waals surface area (Å²) in [5, 5.41) is 36.4. The number of aryl methyl sites for hydroxylation is 3. The third-order valence-electron chi connectivity index (χ3n) is 32.2. The fourth-order valence-electron chi connectivity index (χ4n) is 19.2. The highest BCUT2D eigenvalue weighted by atomic mass is 32.1. The highest BCUT2D eigenvalue weighted by Crippen LogP contribution is 2.54. The van der Waals surface area contributed by atoms with E-state index in [1.165, 1.54) is 0 Å². The Morgan fingerprint density at radius 3 is 1.01 bits per heavy atom. The van der Waals surface area contributed by atoms with Gasteiger partial charge in [-0.25, -0.2) is 15.0 Å². The van der Waals surface area contributed by atoms with E-state index in [4.69, 9.17) is 46.7 Å². The number of nitrogens with zero attached hydrogens (tertiary/aromatic N) is 3. The van der Waals surface area contributed by atoms with Gasteiger partial charge in [0.25, 0.3) is 0 Å². The van der Waals surface area contributed by atoms with Crippen LogP contribution in [0.4, 0.5) is 0 Å². The fourth-order valence-corrected chi connectivity index (χ4v) is 26.0. The third-order valence-corrected chi connectivity index (χ3v) is 48.5. The Labute approximate surface area is 822 Å². The summed E-state index contributed by atoms with van der Waals surface area (Å²) in [7, 11) is -7.16. The molecule has 0 unspecified atom stereocenters. The molecule has 6 fully saturated rings. The number of allylic oxidation sites excluding steroid dienone is 3. The van der Waals surface area contributed by atoms with Crippen LogP contribution in [-0.4, -0.2) is 162 Å². The normalized spacial score (nSPS) is 32.2. The van der Waals surface area contributed by atoms with E-state index in [0.29, 0.717) is 38.5 Å². The number of aliphatic hydroxyl groups is 3. The summed E-state index contributed by atoms with van der Waals surface area (Å²) >= 11 is 4.91. The van der Waals surface area contributed by atoms with Crippen LogP contribution < -0.4 is 0 Å². The van der Waals surface area contributed by atoms with E-state index < -0.39 is 120 Å². The third kappa shape index (κ3) is 26.8. The van der Waals surface area contributed by atoms with Crippen molar-refractivity contribution in [3.63, 3.8) is 0 Å². The van der Waals surface area contributed by atoms with Crippen LogP contribution in [0.25, 0.3) is 30.6 Å². The molecule has 0 radical (unpaired) electrons. The number of aromatic nitrogens is 3. The molecule has 6 saturated heterocycles. The first-order chi connectivity index (χ1) is 62.4. The van der Waals surface area contributed by atoms with Crippen molar-refractivity contribution in [3.8, 4) is 0 Å². The largest absolute Gasteiger partial charge is 0.457 e. The van der Waals surface area contributed by atoms with Gasteiger partial charge in [0.2, 0.25) is 0 Å². The molecule has 0 aliphatic carbocycles. The van der Waals surface area contributed by atoms with Gasteiger partial charge in [0.05, 0.1) is 142 Å². The van der Waals surface area contributed by atoms with Gasteiger partial charge in [0.15, 0.2) is 25.0 Å². The predicted molar refractivity (Wildman–Crippen MR) is 552 cm³/mol. The number of cyclic esters (lactones) is 3. The second-order valence-electron chi connectivity index (χ2n) is 47.2. The Kier molecular flexibility index (Phi) is 35.6. The number of aliphatic hydroxyl groups excluding tert-OH is 3. The van der Waals surface area contributed by atoms with Crippen molar-refractivity contribution in [1.82, 2.24) is 15.0 Å². The molecule has 6 aliphatic heterocycles. The molecule has 9 heterocycles. The Hall–Kier alpha value is -5.74. The molecule has 6 aromatic rings. The van der Waals surface area contributed by atoms with Crippen LogP contribution in [0.5, 0.6) is 0 Å². The molecule has 750 valence electrons. The molecule has 3 aromatic carbocycles. The maximum atomic E-state index is 15.3. The van der Waals surface area contributed by atoms with E-state index in [0.717, 1.165) is 120 Å². The predicted octanol–water partition coefficient (Wildman–Crippen LogP) is 25.5. The minimum absolute atomic E-state index is 0.0288. The summed E-state index contributed by atoms with van der Waals surface area (Å²) < 4.78 is 62.1. The molecule has 21 nitrogen and oxygen atoms in total. The van der Waals surface area contributed by atoms with Gasteiger partial charge in [-0.3, -0.25) is 28.8 Å². The lowest BCUT2D eigenvalue weighted by Crippen LogP contribution is -2.55. The van der Waals surface area contributed by atoms with Crippen LogP contribution in [-0.2, 0) is 70.5 Å².